The molecule has 1 aromatic carbocycles. The highest BCUT2D eigenvalue weighted by Gasteiger charge is 2.44. The average molecular weight is 414 g/mol. The lowest BCUT2D eigenvalue weighted by atomic mass is 10.1. The number of benzene rings is 1. The molecule has 148 valence electrons. The van der Waals surface area contributed by atoms with Crippen LogP contribution >= 0.6 is 11.8 Å². The summed E-state index contributed by atoms with van der Waals surface area (Å²) in [5.41, 5.74) is 1.11. The SMILES string of the molecule is COc1ccc(CSC[C@@H]2NC(=O)[C@@H]3CN(S(C)(=O)=O)CCN3C2=O)cc1. The molecule has 3 rings (SSSR count). The summed E-state index contributed by atoms with van der Waals surface area (Å²) in [4.78, 5) is 26.6. The number of thioether (sulfide) groups is 1. The van der Waals surface area contributed by atoms with Crippen LogP contribution in [0.15, 0.2) is 24.3 Å². The standard InChI is InChI=1S/C17H23N3O5S2/c1-25-13-5-3-12(4-6-13)10-26-11-14-17(22)20-8-7-19(27(2,23)24)9-15(20)16(21)18-14/h3-6,14-15H,7-11H2,1-2H3,(H,18,21)/t14-,15-/m0/s1. The van der Waals surface area contributed by atoms with E-state index in [4.69, 9.17) is 4.74 Å². The Morgan fingerprint density at radius 1 is 1.22 bits per heavy atom. The molecule has 1 N–H and O–H groups in total. The highest BCUT2D eigenvalue weighted by Crippen LogP contribution is 2.22. The summed E-state index contributed by atoms with van der Waals surface area (Å²) in [6.45, 7) is 0.478. The molecule has 10 heteroatoms. The number of amides is 2. The fourth-order valence-corrected chi connectivity index (χ4v) is 5.04. The van der Waals surface area contributed by atoms with Crippen molar-refractivity contribution < 1.29 is 22.7 Å². The predicted molar refractivity (Wildman–Crippen MR) is 103 cm³/mol. The smallest absolute Gasteiger partial charge is 0.246 e. The number of nitrogens with zero attached hydrogens (tertiary/aromatic N) is 2. The number of nitrogens with one attached hydrogen (secondary N) is 1. The fraction of sp³-hybridized carbons (Fsp3) is 0.529. The number of fused-ring (bicyclic) bond motifs is 1. The van der Waals surface area contributed by atoms with E-state index in [1.54, 1.807) is 18.9 Å². The molecule has 2 amide bonds. The zero-order valence-electron chi connectivity index (χ0n) is 15.3. The molecule has 0 saturated carbocycles. The highest BCUT2D eigenvalue weighted by molar-refractivity contribution is 7.98. The van der Waals surface area contributed by atoms with Crippen LogP contribution in [0, 0.1) is 0 Å². The number of carbonyl (C=O) groups is 2. The van der Waals surface area contributed by atoms with Crippen molar-refractivity contribution in [1.29, 1.82) is 0 Å². The number of methoxy groups -OCH3 is 1. The minimum absolute atomic E-state index is 0.0160. The van der Waals surface area contributed by atoms with Crippen molar-refractivity contribution in [3.8, 4) is 5.75 Å². The van der Waals surface area contributed by atoms with E-state index < -0.39 is 22.1 Å². The van der Waals surface area contributed by atoms with Gasteiger partial charge < -0.3 is 15.0 Å². The van der Waals surface area contributed by atoms with Gasteiger partial charge in [0.15, 0.2) is 0 Å². The van der Waals surface area contributed by atoms with Crippen LogP contribution in [-0.2, 0) is 25.4 Å². The van der Waals surface area contributed by atoms with Crippen molar-refractivity contribution in [2.75, 3.05) is 38.8 Å². The second kappa shape index (κ2) is 8.07. The molecule has 2 atom stereocenters. The summed E-state index contributed by atoms with van der Waals surface area (Å²) in [6, 6.07) is 6.37. The van der Waals surface area contributed by atoms with Crippen LogP contribution in [0.1, 0.15) is 5.56 Å². The Balaban J connectivity index is 1.56. The fourth-order valence-electron chi connectivity index (χ4n) is 3.21. The van der Waals surface area contributed by atoms with Crippen molar-refractivity contribution >= 4 is 33.6 Å². The summed E-state index contributed by atoms with van der Waals surface area (Å²) in [5.74, 6) is 1.54. The van der Waals surface area contributed by atoms with Gasteiger partial charge in [-0.25, -0.2) is 8.42 Å². The van der Waals surface area contributed by atoms with Crippen molar-refractivity contribution in [3.05, 3.63) is 29.8 Å². The van der Waals surface area contributed by atoms with Gasteiger partial charge >= 0.3 is 0 Å². The summed E-state index contributed by atoms with van der Waals surface area (Å²) in [5, 5.41) is 2.75. The van der Waals surface area contributed by atoms with Crippen molar-refractivity contribution in [1.82, 2.24) is 14.5 Å². The number of sulfonamides is 1. The first-order chi connectivity index (χ1) is 12.8. The van der Waals surface area contributed by atoms with Gasteiger partial charge in [-0.3, -0.25) is 9.59 Å². The molecule has 0 bridgehead atoms. The van der Waals surface area contributed by atoms with Crippen LogP contribution in [0.4, 0.5) is 0 Å². The molecule has 8 nitrogen and oxygen atoms in total. The third-order valence-electron chi connectivity index (χ3n) is 4.72. The van der Waals surface area contributed by atoms with Crippen LogP contribution in [0.3, 0.4) is 0 Å². The molecule has 2 aliphatic heterocycles. The molecule has 0 unspecified atom stereocenters. The molecule has 1 aromatic rings. The quantitative estimate of drug-likeness (QED) is 0.700. The van der Waals surface area contributed by atoms with E-state index in [1.165, 1.54) is 9.21 Å². The molecular formula is C17H23N3O5S2. The zero-order valence-corrected chi connectivity index (χ0v) is 16.9. The van der Waals surface area contributed by atoms with Gasteiger partial charge in [0.1, 0.15) is 17.8 Å². The van der Waals surface area contributed by atoms with Crippen molar-refractivity contribution in [3.63, 3.8) is 0 Å². The summed E-state index contributed by atoms with van der Waals surface area (Å²) < 4.78 is 29.8. The maximum Gasteiger partial charge on any atom is 0.246 e. The topological polar surface area (TPSA) is 96.0 Å². The maximum absolute atomic E-state index is 12.7. The van der Waals surface area contributed by atoms with Gasteiger partial charge in [-0.2, -0.15) is 16.1 Å². The van der Waals surface area contributed by atoms with E-state index in [9.17, 15) is 18.0 Å². The minimum Gasteiger partial charge on any atom is -0.497 e. The molecule has 27 heavy (non-hydrogen) atoms. The van der Waals surface area contributed by atoms with Crippen molar-refractivity contribution in [2.45, 2.75) is 17.8 Å². The Kier molecular flexibility index (Phi) is 5.97. The Hall–Kier alpha value is -1.78. The van der Waals surface area contributed by atoms with Crippen LogP contribution in [-0.4, -0.2) is 80.3 Å². The molecule has 2 heterocycles. The molecule has 0 spiro atoms. The summed E-state index contributed by atoms with van der Waals surface area (Å²) in [6.07, 6.45) is 1.11. The van der Waals surface area contributed by atoms with E-state index in [1.807, 2.05) is 24.3 Å². The van der Waals surface area contributed by atoms with E-state index in [0.29, 0.717) is 5.75 Å². The lowest BCUT2D eigenvalue weighted by Gasteiger charge is -2.44. The molecule has 2 fully saturated rings. The molecule has 0 aliphatic carbocycles. The Labute approximate surface area is 163 Å². The first-order valence-corrected chi connectivity index (χ1v) is 11.6. The lowest BCUT2D eigenvalue weighted by Crippen LogP contribution is -2.70. The zero-order chi connectivity index (χ0) is 19.6. The molecule has 2 aliphatic rings. The van der Waals surface area contributed by atoms with E-state index >= 15 is 0 Å². The number of rotatable bonds is 6. The molecule has 0 radical (unpaired) electrons. The third-order valence-corrected chi connectivity index (χ3v) is 7.10. The molecule has 2 saturated heterocycles. The largest absolute Gasteiger partial charge is 0.497 e. The van der Waals surface area contributed by atoms with Crippen LogP contribution < -0.4 is 10.1 Å². The van der Waals surface area contributed by atoms with Crippen LogP contribution in [0.25, 0.3) is 0 Å². The number of piperazine rings is 2. The Bertz CT molecular complexity index is 812. The van der Waals surface area contributed by atoms with Gasteiger partial charge in [0.2, 0.25) is 21.8 Å². The number of carbonyl (C=O) groups excluding carboxylic acids is 2. The third kappa shape index (κ3) is 4.56. The first kappa shape index (κ1) is 20.0. The molecular weight excluding hydrogens is 390 g/mol. The van der Waals surface area contributed by atoms with Gasteiger partial charge in [0.25, 0.3) is 0 Å². The monoisotopic (exact) mass is 413 g/mol. The minimum atomic E-state index is -3.38. The maximum atomic E-state index is 12.7. The second-order valence-corrected chi connectivity index (χ2v) is 9.61. The second-order valence-electron chi connectivity index (χ2n) is 6.59. The number of hydrogen-bond donors (Lipinski definition) is 1. The number of ether oxygens (including phenoxy) is 1. The normalized spacial score (nSPS) is 23.7. The van der Waals surface area contributed by atoms with E-state index in [2.05, 4.69) is 5.32 Å². The van der Waals surface area contributed by atoms with Crippen LogP contribution in [0.2, 0.25) is 0 Å². The van der Waals surface area contributed by atoms with Gasteiger partial charge in [-0.05, 0) is 17.7 Å². The van der Waals surface area contributed by atoms with E-state index in [-0.39, 0.29) is 31.4 Å². The summed E-state index contributed by atoms with van der Waals surface area (Å²) in [7, 11) is -1.76. The van der Waals surface area contributed by atoms with Crippen molar-refractivity contribution in [2.24, 2.45) is 0 Å². The average Bonchev–Trinajstić information content (AvgIpc) is 2.65. The highest BCUT2D eigenvalue weighted by atomic mass is 32.2. The lowest BCUT2D eigenvalue weighted by molar-refractivity contribution is -0.150. The van der Waals surface area contributed by atoms with Gasteiger partial charge in [-0.1, -0.05) is 12.1 Å². The van der Waals surface area contributed by atoms with E-state index in [0.717, 1.165) is 23.3 Å². The Morgan fingerprint density at radius 3 is 2.56 bits per heavy atom. The van der Waals surface area contributed by atoms with Gasteiger partial charge in [-0.15, -0.1) is 0 Å². The first-order valence-electron chi connectivity index (χ1n) is 8.56. The van der Waals surface area contributed by atoms with Crippen LogP contribution in [0.5, 0.6) is 5.75 Å². The summed E-state index contributed by atoms with van der Waals surface area (Å²) >= 11 is 1.57. The molecule has 0 aromatic heterocycles. The van der Waals surface area contributed by atoms with Gasteiger partial charge in [0.05, 0.1) is 13.4 Å². The Morgan fingerprint density at radius 2 is 1.93 bits per heavy atom. The number of hydrogen-bond acceptors (Lipinski definition) is 6. The van der Waals surface area contributed by atoms with Gasteiger partial charge in [0, 0.05) is 31.1 Å². The predicted octanol–water partition coefficient (Wildman–Crippen LogP) is -0.101.